The fraction of sp³-hybridized carbons (Fsp3) is 0.464. The molecule has 0 spiro atoms. The molecule has 1 saturated heterocycles. The van der Waals surface area contributed by atoms with Crippen molar-refractivity contribution < 1.29 is 24.2 Å². The monoisotopic (exact) mass is 478 g/mol. The number of carboxylic acid groups (broad SMARTS) is 1. The van der Waals surface area contributed by atoms with Crippen LogP contribution >= 0.6 is 0 Å². The van der Waals surface area contributed by atoms with Crippen molar-refractivity contribution >= 4 is 18.0 Å². The Morgan fingerprint density at radius 1 is 1.06 bits per heavy atom. The van der Waals surface area contributed by atoms with Crippen LogP contribution in [0.25, 0.3) is 11.1 Å². The molecule has 2 atom stereocenters. The van der Waals surface area contributed by atoms with Crippen molar-refractivity contribution in [2.45, 2.75) is 69.9 Å². The molecule has 2 amide bonds. The number of rotatable bonds is 9. The van der Waals surface area contributed by atoms with Gasteiger partial charge in [-0.05, 0) is 61.3 Å². The Morgan fingerprint density at radius 2 is 1.71 bits per heavy atom. The number of hydrogen-bond donors (Lipinski definition) is 2. The molecule has 0 aromatic heterocycles. The van der Waals surface area contributed by atoms with Gasteiger partial charge in [-0.2, -0.15) is 0 Å². The molecule has 2 aromatic rings. The Bertz CT molecular complexity index is 1020. The van der Waals surface area contributed by atoms with E-state index < -0.39 is 12.1 Å². The smallest absolute Gasteiger partial charge is 0.407 e. The van der Waals surface area contributed by atoms with Crippen molar-refractivity contribution in [3.8, 4) is 11.1 Å². The van der Waals surface area contributed by atoms with Gasteiger partial charge in [0.1, 0.15) is 6.61 Å². The summed E-state index contributed by atoms with van der Waals surface area (Å²) in [6.07, 6.45) is 3.80. The molecule has 1 aliphatic carbocycles. The minimum absolute atomic E-state index is 0.00397. The Hall–Kier alpha value is -3.35. The first-order valence-corrected chi connectivity index (χ1v) is 12.6. The van der Waals surface area contributed by atoms with Gasteiger partial charge in [0.25, 0.3) is 0 Å². The third-order valence-corrected chi connectivity index (χ3v) is 7.09. The van der Waals surface area contributed by atoms with Gasteiger partial charge in [0, 0.05) is 31.0 Å². The van der Waals surface area contributed by atoms with E-state index >= 15 is 0 Å². The molecule has 186 valence electrons. The van der Waals surface area contributed by atoms with E-state index in [1.807, 2.05) is 31.2 Å². The standard InChI is InChI=1S/C28H34N2O5/c1-19(9-8-15-26(31)30-16-7-6-10-20(30)17-27(32)33)29-28(34)35-18-25-23-13-4-2-11-21(23)22-12-3-5-14-24(22)25/h2-5,11-14,19-20,25H,6-10,15-18H2,1H3,(H,29,34)(H,32,33). The number of nitrogens with zero attached hydrogens (tertiary/aromatic N) is 1. The third-order valence-electron chi connectivity index (χ3n) is 7.09. The lowest BCUT2D eigenvalue weighted by Gasteiger charge is -2.35. The van der Waals surface area contributed by atoms with Gasteiger partial charge in [-0.1, -0.05) is 48.5 Å². The topological polar surface area (TPSA) is 95.9 Å². The summed E-state index contributed by atoms with van der Waals surface area (Å²) in [5.74, 6) is -0.843. The Balaban J connectivity index is 1.22. The number of alkyl carbamates (subject to hydrolysis) is 1. The van der Waals surface area contributed by atoms with Gasteiger partial charge in [0.15, 0.2) is 0 Å². The molecule has 2 N–H and O–H groups in total. The quantitative estimate of drug-likeness (QED) is 0.532. The highest BCUT2D eigenvalue weighted by atomic mass is 16.5. The number of piperidine rings is 1. The summed E-state index contributed by atoms with van der Waals surface area (Å²) in [4.78, 5) is 38.0. The van der Waals surface area contributed by atoms with Gasteiger partial charge in [0.05, 0.1) is 6.42 Å². The minimum Gasteiger partial charge on any atom is -0.481 e. The molecule has 2 aliphatic rings. The van der Waals surface area contributed by atoms with Crippen LogP contribution in [0.5, 0.6) is 0 Å². The van der Waals surface area contributed by atoms with Crippen LogP contribution in [-0.4, -0.2) is 53.2 Å². The number of likely N-dealkylation sites (tertiary alicyclic amines) is 1. The SMILES string of the molecule is CC(CCCC(=O)N1CCCCC1CC(=O)O)NC(=O)OCC1c2ccccc2-c2ccccc21. The highest BCUT2D eigenvalue weighted by Gasteiger charge is 2.30. The number of carbonyl (C=O) groups excluding carboxylic acids is 2. The van der Waals surface area contributed by atoms with Crippen molar-refractivity contribution in [1.82, 2.24) is 10.2 Å². The zero-order valence-corrected chi connectivity index (χ0v) is 20.2. The number of amides is 2. The lowest BCUT2D eigenvalue weighted by Crippen LogP contribution is -2.44. The molecular weight excluding hydrogens is 444 g/mol. The first-order chi connectivity index (χ1) is 16.9. The largest absolute Gasteiger partial charge is 0.481 e. The fourth-order valence-corrected chi connectivity index (χ4v) is 5.36. The maximum absolute atomic E-state index is 12.7. The number of benzene rings is 2. The number of fused-ring (bicyclic) bond motifs is 3. The first kappa shape index (κ1) is 24.8. The van der Waals surface area contributed by atoms with Gasteiger partial charge < -0.3 is 20.1 Å². The second-order valence-corrected chi connectivity index (χ2v) is 9.60. The lowest BCUT2D eigenvalue weighted by molar-refractivity contribution is -0.142. The maximum Gasteiger partial charge on any atom is 0.407 e. The molecule has 0 radical (unpaired) electrons. The van der Waals surface area contributed by atoms with Crippen LogP contribution in [-0.2, 0) is 14.3 Å². The molecule has 4 rings (SSSR count). The van der Waals surface area contributed by atoms with Gasteiger partial charge in [0.2, 0.25) is 5.91 Å². The summed E-state index contributed by atoms with van der Waals surface area (Å²) in [5.41, 5.74) is 4.72. The van der Waals surface area contributed by atoms with Crippen LogP contribution in [0.2, 0.25) is 0 Å². The fourth-order valence-electron chi connectivity index (χ4n) is 5.36. The number of hydrogen-bond acceptors (Lipinski definition) is 4. The minimum atomic E-state index is -0.865. The molecule has 2 unspecified atom stereocenters. The van der Waals surface area contributed by atoms with Gasteiger partial charge >= 0.3 is 12.1 Å². The van der Waals surface area contributed by atoms with E-state index in [-0.39, 0.29) is 36.9 Å². The van der Waals surface area contributed by atoms with Crippen LogP contribution in [0, 0.1) is 0 Å². The molecule has 2 aromatic carbocycles. The van der Waals surface area contributed by atoms with Gasteiger partial charge in [-0.25, -0.2) is 4.79 Å². The molecule has 0 saturated carbocycles. The van der Waals surface area contributed by atoms with Crippen LogP contribution in [0.1, 0.15) is 68.9 Å². The highest BCUT2D eigenvalue weighted by Crippen LogP contribution is 2.44. The molecule has 7 nitrogen and oxygen atoms in total. The van der Waals surface area contributed by atoms with E-state index in [2.05, 4.69) is 29.6 Å². The Morgan fingerprint density at radius 3 is 2.37 bits per heavy atom. The number of aliphatic carboxylic acids is 1. The van der Waals surface area contributed by atoms with E-state index in [0.29, 0.717) is 25.8 Å². The normalized spacial score (nSPS) is 17.9. The molecule has 0 bridgehead atoms. The molecule has 35 heavy (non-hydrogen) atoms. The first-order valence-electron chi connectivity index (χ1n) is 12.6. The van der Waals surface area contributed by atoms with E-state index in [1.165, 1.54) is 22.3 Å². The second-order valence-electron chi connectivity index (χ2n) is 9.60. The van der Waals surface area contributed by atoms with E-state index in [9.17, 15) is 14.4 Å². The summed E-state index contributed by atoms with van der Waals surface area (Å²) >= 11 is 0. The molecule has 7 heteroatoms. The predicted molar refractivity (Wildman–Crippen MR) is 133 cm³/mol. The number of ether oxygens (including phenoxy) is 1. The van der Waals surface area contributed by atoms with Crippen molar-refractivity contribution in [2.75, 3.05) is 13.2 Å². The van der Waals surface area contributed by atoms with Crippen LogP contribution in [0.4, 0.5) is 4.79 Å². The summed E-state index contributed by atoms with van der Waals surface area (Å²) in [7, 11) is 0. The molecule has 1 fully saturated rings. The molecule has 1 heterocycles. The van der Waals surface area contributed by atoms with Crippen LogP contribution < -0.4 is 5.32 Å². The maximum atomic E-state index is 12.7. The van der Waals surface area contributed by atoms with Crippen molar-refractivity contribution in [3.63, 3.8) is 0 Å². The Labute approximate surface area is 206 Å². The zero-order chi connectivity index (χ0) is 24.8. The average molecular weight is 479 g/mol. The van der Waals surface area contributed by atoms with E-state index in [1.54, 1.807) is 4.90 Å². The zero-order valence-electron chi connectivity index (χ0n) is 20.2. The predicted octanol–water partition coefficient (Wildman–Crippen LogP) is 4.94. The lowest BCUT2D eigenvalue weighted by atomic mass is 9.98. The van der Waals surface area contributed by atoms with Gasteiger partial charge in [-0.15, -0.1) is 0 Å². The van der Waals surface area contributed by atoms with Crippen LogP contribution in [0.15, 0.2) is 48.5 Å². The average Bonchev–Trinajstić information content (AvgIpc) is 3.16. The second kappa shape index (κ2) is 11.4. The third kappa shape index (κ3) is 6.02. The molecule has 1 aliphatic heterocycles. The summed E-state index contributed by atoms with van der Waals surface area (Å²) in [6.45, 7) is 2.80. The number of carboxylic acids is 1. The number of carbonyl (C=O) groups is 3. The van der Waals surface area contributed by atoms with Crippen molar-refractivity contribution in [3.05, 3.63) is 59.7 Å². The number of nitrogens with one attached hydrogen (secondary N) is 1. The van der Waals surface area contributed by atoms with E-state index in [4.69, 9.17) is 9.84 Å². The highest BCUT2D eigenvalue weighted by molar-refractivity contribution is 5.79. The van der Waals surface area contributed by atoms with Crippen LogP contribution in [0.3, 0.4) is 0 Å². The van der Waals surface area contributed by atoms with Crippen molar-refractivity contribution in [1.29, 1.82) is 0 Å². The summed E-state index contributed by atoms with van der Waals surface area (Å²) in [5, 5.41) is 12.0. The van der Waals surface area contributed by atoms with Crippen molar-refractivity contribution in [2.24, 2.45) is 0 Å². The molecular formula is C28H34N2O5. The summed E-state index contributed by atoms with van der Waals surface area (Å²) in [6, 6.07) is 16.1. The summed E-state index contributed by atoms with van der Waals surface area (Å²) < 4.78 is 5.60. The van der Waals surface area contributed by atoms with E-state index in [0.717, 1.165) is 19.3 Å². The van der Waals surface area contributed by atoms with Gasteiger partial charge in [-0.3, -0.25) is 9.59 Å². The Kier molecular flexibility index (Phi) is 8.06.